The van der Waals surface area contributed by atoms with E-state index >= 15 is 0 Å². The highest BCUT2D eigenvalue weighted by atomic mass is 16.5. The van der Waals surface area contributed by atoms with Gasteiger partial charge in [0, 0.05) is 12.1 Å². The quantitative estimate of drug-likeness (QED) is 0.707. The molecule has 2 rings (SSSR count). The van der Waals surface area contributed by atoms with Crippen LogP contribution in [0.3, 0.4) is 0 Å². The van der Waals surface area contributed by atoms with E-state index in [1.54, 1.807) is 19.2 Å². The minimum Gasteiger partial charge on any atom is -0.497 e. The summed E-state index contributed by atoms with van der Waals surface area (Å²) in [6.07, 6.45) is 1.42. The van der Waals surface area contributed by atoms with Crippen molar-refractivity contribution in [3.05, 3.63) is 53.6 Å². The summed E-state index contributed by atoms with van der Waals surface area (Å²) in [4.78, 5) is 22.7. The predicted molar refractivity (Wildman–Crippen MR) is 93.6 cm³/mol. The normalized spacial score (nSPS) is 10.0. The summed E-state index contributed by atoms with van der Waals surface area (Å²) in [6.45, 7) is 0.349. The third-order valence-corrected chi connectivity index (χ3v) is 3.58. The number of hydrogen-bond acceptors (Lipinski definition) is 5. The van der Waals surface area contributed by atoms with Crippen molar-refractivity contribution in [2.45, 2.75) is 6.42 Å². The van der Waals surface area contributed by atoms with E-state index in [9.17, 15) is 9.59 Å². The molecule has 0 bridgehead atoms. The van der Waals surface area contributed by atoms with E-state index in [1.807, 2.05) is 24.3 Å². The Kier molecular flexibility index (Phi) is 6.83. The highest BCUT2D eigenvalue weighted by molar-refractivity contribution is 5.78. The van der Waals surface area contributed by atoms with Crippen LogP contribution >= 0.6 is 0 Å². The third kappa shape index (κ3) is 5.53. The molecule has 132 valence electrons. The van der Waals surface area contributed by atoms with Crippen LogP contribution < -0.4 is 19.5 Å². The molecule has 0 aliphatic carbocycles. The third-order valence-electron chi connectivity index (χ3n) is 3.58. The van der Waals surface area contributed by atoms with E-state index in [0.717, 1.165) is 11.3 Å². The molecule has 0 fully saturated rings. The molecule has 6 heteroatoms. The summed E-state index contributed by atoms with van der Waals surface area (Å²) in [5.74, 6) is 1.38. The summed E-state index contributed by atoms with van der Waals surface area (Å²) in [6, 6.07) is 12.5. The Morgan fingerprint density at radius 1 is 1.04 bits per heavy atom. The van der Waals surface area contributed by atoms with Crippen molar-refractivity contribution in [2.75, 3.05) is 27.4 Å². The van der Waals surface area contributed by atoms with Crippen molar-refractivity contribution in [3.8, 4) is 17.2 Å². The Bertz CT molecular complexity index is 712. The molecule has 0 aliphatic rings. The van der Waals surface area contributed by atoms with Gasteiger partial charge in [0.1, 0.15) is 12.0 Å². The van der Waals surface area contributed by atoms with Crippen LogP contribution in [0.2, 0.25) is 0 Å². The zero-order valence-corrected chi connectivity index (χ0v) is 14.3. The Hall–Kier alpha value is -3.02. The molecule has 0 heterocycles. The summed E-state index contributed by atoms with van der Waals surface area (Å²) in [5, 5.41) is 2.79. The maximum Gasteiger partial charge on any atom is 0.257 e. The fourth-order valence-corrected chi connectivity index (χ4v) is 2.21. The maximum atomic E-state index is 11.9. The number of aldehydes is 1. The number of carbonyl (C=O) groups excluding carboxylic acids is 2. The first kappa shape index (κ1) is 18.3. The zero-order chi connectivity index (χ0) is 18.1. The molecule has 25 heavy (non-hydrogen) atoms. The lowest BCUT2D eigenvalue weighted by Crippen LogP contribution is -2.30. The van der Waals surface area contributed by atoms with Crippen LogP contribution in [-0.4, -0.2) is 39.6 Å². The van der Waals surface area contributed by atoms with Crippen molar-refractivity contribution in [1.82, 2.24) is 5.32 Å². The Balaban J connectivity index is 1.79. The highest BCUT2D eigenvalue weighted by Gasteiger charge is 2.08. The number of nitrogens with one attached hydrogen (secondary N) is 1. The number of methoxy groups -OCH3 is 2. The highest BCUT2D eigenvalue weighted by Crippen LogP contribution is 2.27. The number of hydrogen-bond donors (Lipinski definition) is 1. The SMILES string of the molecule is COc1ccc(CCNC(=O)COc2cc(C=O)ccc2OC)cc1. The van der Waals surface area contributed by atoms with E-state index in [0.29, 0.717) is 36.3 Å². The average molecular weight is 343 g/mol. The summed E-state index contributed by atoms with van der Waals surface area (Å²) >= 11 is 0. The van der Waals surface area contributed by atoms with E-state index in [1.165, 1.54) is 13.2 Å². The summed E-state index contributed by atoms with van der Waals surface area (Å²) in [7, 11) is 3.12. The molecule has 0 atom stereocenters. The molecule has 2 aromatic carbocycles. The van der Waals surface area contributed by atoms with Gasteiger partial charge in [-0.3, -0.25) is 9.59 Å². The average Bonchev–Trinajstić information content (AvgIpc) is 2.66. The Labute approximate surface area is 146 Å². The second-order valence-electron chi connectivity index (χ2n) is 5.26. The van der Waals surface area contributed by atoms with E-state index in [2.05, 4.69) is 5.32 Å². The fourth-order valence-electron chi connectivity index (χ4n) is 2.21. The van der Waals surface area contributed by atoms with Crippen LogP contribution in [0.1, 0.15) is 15.9 Å². The number of ether oxygens (including phenoxy) is 3. The molecule has 1 N–H and O–H groups in total. The number of carbonyl (C=O) groups is 2. The molecule has 0 unspecified atom stereocenters. The summed E-state index contributed by atoms with van der Waals surface area (Å²) < 4.78 is 15.7. The predicted octanol–water partition coefficient (Wildman–Crippen LogP) is 2.25. The van der Waals surface area contributed by atoms with Crippen molar-refractivity contribution >= 4 is 12.2 Å². The van der Waals surface area contributed by atoms with Crippen LogP contribution in [0.15, 0.2) is 42.5 Å². The fraction of sp³-hybridized carbons (Fsp3) is 0.263. The van der Waals surface area contributed by atoms with Crippen molar-refractivity contribution < 1.29 is 23.8 Å². The van der Waals surface area contributed by atoms with Gasteiger partial charge in [-0.05, 0) is 42.3 Å². The van der Waals surface area contributed by atoms with Gasteiger partial charge >= 0.3 is 0 Å². The monoisotopic (exact) mass is 343 g/mol. The molecule has 0 saturated carbocycles. The van der Waals surface area contributed by atoms with E-state index in [-0.39, 0.29) is 12.5 Å². The first-order valence-electron chi connectivity index (χ1n) is 7.82. The van der Waals surface area contributed by atoms with Crippen LogP contribution in [0.25, 0.3) is 0 Å². The minimum absolute atomic E-state index is 0.152. The van der Waals surface area contributed by atoms with E-state index < -0.39 is 0 Å². The number of rotatable bonds is 9. The van der Waals surface area contributed by atoms with Crippen molar-refractivity contribution in [3.63, 3.8) is 0 Å². The van der Waals surface area contributed by atoms with Crippen LogP contribution in [-0.2, 0) is 11.2 Å². The molecule has 6 nitrogen and oxygen atoms in total. The molecule has 1 amide bonds. The largest absolute Gasteiger partial charge is 0.497 e. The molecule has 2 aromatic rings. The smallest absolute Gasteiger partial charge is 0.257 e. The van der Waals surface area contributed by atoms with Crippen molar-refractivity contribution in [2.24, 2.45) is 0 Å². The van der Waals surface area contributed by atoms with E-state index in [4.69, 9.17) is 14.2 Å². The van der Waals surface area contributed by atoms with Gasteiger partial charge in [-0.25, -0.2) is 0 Å². The van der Waals surface area contributed by atoms with Gasteiger partial charge in [0.25, 0.3) is 5.91 Å². The zero-order valence-electron chi connectivity index (χ0n) is 14.3. The van der Waals surface area contributed by atoms with Gasteiger partial charge < -0.3 is 19.5 Å². The topological polar surface area (TPSA) is 73.9 Å². The second-order valence-corrected chi connectivity index (χ2v) is 5.26. The lowest BCUT2D eigenvalue weighted by Gasteiger charge is -2.11. The van der Waals surface area contributed by atoms with Crippen LogP contribution in [0.5, 0.6) is 17.2 Å². The first-order chi connectivity index (χ1) is 12.2. The molecule has 0 saturated heterocycles. The Morgan fingerprint density at radius 2 is 1.80 bits per heavy atom. The lowest BCUT2D eigenvalue weighted by molar-refractivity contribution is -0.123. The van der Waals surface area contributed by atoms with Crippen LogP contribution in [0, 0.1) is 0 Å². The van der Waals surface area contributed by atoms with Gasteiger partial charge in [-0.15, -0.1) is 0 Å². The maximum absolute atomic E-state index is 11.9. The molecular formula is C19H21NO5. The van der Waals surface area contributed by atoms with Crippen LogP contribution in [0.4, 0.5) is 0 Å². The summed E-state index contributed by atoms with van der Waals surface area (Å²) in [5.41, 5.74) is 1.55. The van der Waals surface area contributed by atoms with Gasteiger partial charge in [0.05, 0.1) is 14.2 Å². The standard InChI is InChI=1S/C19H21NO5/c1-23-16-6-3-14(4-7-16)9-10-20-19(22)13-25-18-11-15(12-21)5-8-17(18)24-2/h3-8,11-12H,9-10,13H2,1-2H3,(H,20,22). The number of benzene rings is 2. The van der Waals surface area contributed by atoms with Gasteiger partial charge in [-0.1, -0.05) is 12.1 Å². The first-order valence-corrected chi connectivity index (χ1v) is 7.82. The van der Waals surface area contributed by atoms with Gasteiger partial charge in [0.15, 0.2) is 18.1 Å². The molecular weight excluding hydrogens is 322 g/mol. The number of amides is 1. The molecule has 0 aromatic heterocycles. The molecule has 0 spiro atoms. The second kappa shape index (κ2) is 9.32. The molecule has 0 aliphatic heterocycles. The van der Waals surface area contributed by atoms with Crippen molar-refractivity contribution in [1.29, 1.82) is 0 Å². The Morgan fingerprint density at radius 3 is 2.44 bits per heavy atom. The van der Waals surface area contributed by atoms with Gasteiger partial charge in [-0.2, -0.15) is 0 Å². The minimum atomic E-state index is -0.243. The van der Waals surface area contributed by atoms with Gasteiger partial charge in [0.2, 0.25) is 0 Å². The lowest BCUT2D eigenvalue weighted by atomic mass is 10.1. The molecule has 0 radical (unpaired) electrons.